The summed E-state index contributed by atoms with van der Waals surface area (Å²) >= 11 is 1.38. The second-order valence-corrected chi connectivity index (χ2v) is 8.41. The number of aromatic nitrogens is 2. The number of pyridine rings is 1. The first-order valence-electron chi connectivity index (χ1n) is 9.64. The van der Waals surface area contributed by atoms with E-state index in [0.717, 1.165) is 34.8 Å². The Labute approximate surface area is 178 Å². The number of hydrogen-bond acceptors (Lipinski definition) is 7. The van der Waals surface area contributed by atoms with Crippen LogP contribution in [0.15, 0.2) is 36.4 Å². The molecule has 0 radical (unpaired) electrons. The number of aliphatic hydroxyl groups is 1. The summed E-state index contributed by atoms with van der Waals surface area (Å²) in [6, 6.07) is 10.9. The third kappa shape index (κ3) is 5.11. The number of nitrogens with two attached hydrogens (primary N) is 1. The summed E-state index contributed by atoms with van der Waals surface area (Å²) in [6.07, 6.45) is 2.66. The van der Waals surface area contributed by atoms with Crippen molar-refractivity contribution in [2.45, 2.75) is 32.3 Å². The van der Waals surface area contributed by atoms with Crippen molar-refractivity contribution in [2.24, 2.45) is 5.73 Å². The molecule has 0 spiro atoms. The normalized spacial score (nSPS) is 13.6. The van der Waals surface area contributed by atoms with E-state index in [-0.39, 0.29) is 12.3 Å². The molecule has 3 heterocycles. The zero-order valence-electron chi connectivity index (χ0n) is 17.0. The van der Waals surface area contributed by atoms with E-state index < -0.39 is 5.60 Å². The molecule has 158 valence electrons. The fourth-order valence-corrected chi connectivity index (χ4v) is 4.01. The second-order valence-electron chi connectivity index (χ2n) is 7.43. The predicted octanol–water partition coefficient (Wildman–Crippen LogP) is 2.87. The van der Waals surface area contributed by atoms with Crippen LogP contribution in [0.1, 0.15) is 42.6 Å². The number of nitrogens with zero attached hydrogens (tertiary/aromatic N) is 3. The van der Waals surface area contributed by atoms with Crippen LogP contribution in [0, 0.1) is 0 Å². The Hall–Kier alpha value is -3.04. The molecule has 2 aromatic heterocycles. The molecule has 1 aliphatic rings. The molecular weight excluding hydrogens is 402 g/mol. The molecule has 3 aromatic rings. The van der Waals surface area contributed by atoms with Gasteiger partial charge in [-0.05, 0) is 56.5 Å². The van der Waals surface area contributed by atoms with Crippen LogP contribution in [-0.4, -0.2) is 40.5 Å². The first-order valence-corrected chi connectivity index (χ1v) is 10.5. The largest absolute Gasteiger partial charge is 0.386 e. The fraction of sp³-hybridized carbons (Fsp3) is 0.333. The number of hydrogen-bond donors (Lipinski definition) is 3. The number of anilines is 2. The Morgan fingerprint density at radius 1 is 1.17 bits per heavy atom. The summed E-state index contributed by atoms with van der Waals surface area (Å²) in [5, 5.41) is 13.4. The molecule has 4 rings (SSSR count). The van der Waals surface area contributed by atoms with Gasteiger partial charge in [0.25, 0.3) is 5.91 Å². The summed E-state index contributed by atoms with van der Waals surface area (Å²) in [7, 11) is 0. The fourth-order valence-electron chi connectivity index (χ4n) is 3.18. The number of carbonyl (C=O) groups excluding carboxylic acids is 2. The van der Waals surface area contributed by atoms with Crippen LogP contribution in [0.25, 0.3) is 10.3 Å². The monoisotopic (exact) mass is 427 g/mol. The third-order valence-electron chi connectivity index (χ3n) is 4.74. The minimum Gasteiger partial charge on any atom is -0.386 e. The molecule has 4 N–H and O–H groups in total. The van der Waals surface area contributed by atoms with E-state index in [2.05, 4.69) is 20.9 Å². The molecule has 0 saturated carbocycles. The van der Waals surface area contributed by atoms with Crippen LogP contribution in [0.2, 0.25) is 0 Å². The van der Waals surface area contributed by atoms with E-state index in [0.29, 0.717) is 10.7 Å². The number of carbonyl (C=O) groups is 2. The van der Waals surface area contributed by atoms with Crippen molar-refractivity contribution in [1.29, 1.82) is 0 Å². The van der Waals surface area contributed by atoms with Crippen LogP contribution in [0.4, 0.5) is 10.9 Å². The molecule has 2 amide bonds. The molecule has 0 bridgehead atoms. The van der Waals surface area contributed by atoms with Gasteiger partial charge in [-0.1, -0.05) is 23.5 Å². The number of benzene rings is 1. The van der Waals surface area contributed by atoms with Crippen LogP contribution >= 0.6 is 11.3 Å². The zero-order valence-corrected chi connectivity index (χ0v) is 17.8. The lowest BCUT2D eigenvalue weighted by Crippen LogP contribution is -2.18. The molecule has 8 nitrogen and oxygen atoms in total. The molecule has 1 fully saturated rings. The lowest BCUT2D eigenvalue weighted by molar-refractivity contribution is -0.106. The van der Waals surface area contributed by atoms with Gasteiger partial charge in [0.05, 0.1) is 5.60 Å². The Balaban J connectivity index is 0.000000806. The van der Waals surface area contributed by atoms with Crippen molar-refractivity contribution in [3.05, 3.63) is 47.5 Å². The van der Waals surface area contributed by atoms with Gasteiger partial charge in [0.15, 0.2) is 5.13 Å². The highest BCUT2D eigenvalue weighted by atomic mass is 32.1. The number of rotatable bonds is 4. The van der Waals surface area contributed by atoms with Crippen LogP contribution in [0.3, 0.4) is 0 Å². The molecule has 1 saturated heterocycles. The van der Waals surface area contributed by atoms with Crippen molar-refractivity contribution < 1.29 is 14.7 Å². The molecule has 0 aliphatic carbocycles. The van der Waals surface area contributed by atoms with Gasteiger partial charge in [0, 0.05) is 18.7 Å². The summed E-state index contributed by atoms with van der Waals surface area (Å²) in [5.74, 6) is 0.750. The molecule has 0 unspecified atom stereocenters. The van der Waals surface area contributed by atoms with Crippen molar-refractivity contribution in [3.8, 4) is 0 Å². The summed E-state index contributed by atoms with van der Waals surface area (Å²) in [4.78, 5) is 33.3. The standard InChI is InChI=1S/C20H22N4O2S.CH3NO/c1-20(2,26)14-7-5-13(6-8-14)17(25)23-19-21-15-9-10-16(22-18(15)27-19)24-11-3-4-12-24;2-1-3/h5-10,26H,3-4,11-12H2,1-2H3,(H,21,23,25);1H,(H2,2,3). The van der Waals surface area contributed by atoms with Gasteiger partial charge in [-0.15, -0.1) is 0 Å². The SMILES string of the molecule is CC(C)(O)c1ccc(C(=O)Nc2nc3ccc(N4CCCC4)nc3s2)cc1.NC=O. The van der Waals surface area contributed by atoms with Gasteiger partial charge < -0.3 is 15.7 Å². The third-order valence-corrected chi connectivity index (χ3v) is 5.63. The first kappa shape index (κ1) is 21.7. The van der Waals surface area contributed by atoms with Gasteiger partial charge in [-0.3, -0.25) is 14.9 Å². The second kappa shape index (κ2) is 9.19. The quantitative estimate of drug-likeness (QED) is 0.551. The van der Waals surface area contributed by atoms with E-state index in [1.54, 1.807) is 38.1 Å². The maximum atomic E-state index is 12.5. The van der Waals surface area contributed by atoms with Crippen molar-refractivity contribution in [1.82, 2.24) is 9.97 Å². The molecule has 0 atom stereocenters. The Bertz CT molecular complexity index is 1020. The van der Waals surface area contributed by atoms with E-state index in [9.17, 15) is 9.90 Å². The minimum atomic E-state index is -0.930. The van der Waals surface area contributed by atoms with Crippen LogP contribution in [0.5, 0.6) is 0 Å². The van der Waals surface area contributed by atoms with Gasteiger partial charge >= 0.3 is 0 Å². The van der Waals surface area contributed by atoms with E-state index in [1.807, 2.05) is 12.1 Å². The number of nitrogens with one attached hydrogen (secondary N) is 1. The van der Waals surface area contributed by atoms with Gasteiger partial charge in [-0.2, -0.15) is 0 Å². The Kier molecular flexibility index (Phi) is 6.63. The van der Waals surface area contributed by atoms with Gasteiger partial charge in [0.2, 0.25) is 6.41 Å². The lowest BCUT2D eigenvalue weighted by atomic mass is 9.97. The number of thiazole rings is 1. The smallest absolute Gasteiger partial charge is 0.257 e. The average molecular weight is 428 g/mol. The van der Waals surface area contributed by atoms with Gasteiger partial charge in [0.1, 0.15) is 16.2 Å². The van der Waals surface area contributed by atoms with E-state index in [4.69, 9.17) is 9.78 Å². The highest BCUT2D eigenvalue weighted by molar-refractivity contribution is 7.22. The van der Waals surface area contributed by atoms with E-state index >= 15 is 0 Å². The average Bonchev–Trinajstić information content (AvgIpc) is 3.37. The van der Waals surface area contributed by atoms with Gasteiger partial charge in [-0.25, -0.2) is 9.97 Å². The topological polar surface area (TPSA) is 121 Å². The molecule has 30 heavy (non-hydrogen) atoms. The Morgan fingerprint density at radius 2 is 1.80 bits per heavy atom. The number of amides is 2. The zero-order chi connectivity index (χ0) is 21.7. The first-order chi connectivity index (χ1) is 14.3. The summed E-state index contributed by atoms with van der Waals surface area (Å²) in [6.45, 7) is 5.52. The molecule has 1 aromatic carbocycles. The highest BCUT2D eigenvalue weighted by Gasteiger charge is 2.18. The maximum absolute atomic E-state index is 12.5. The number of fused-ring (bicyclic) bond motifs is 1. The maximum Gasteiger partial charge on any atom is 0.257 e. The lowest BCUT2D eigenvalue weighted by Gasteiger charge is -2.17. The predicted molar refractivity (Wildman–Crippen MR) is 119 cm³/mol. The highest BCUT2D eigenvalue weighted by Crippen LogP contribution is 2.28. The van der Waals surface area contributed by atoms with Crippen LogP contribution < -0.4 is 16.0 Å². The molecule has 9 heteroatoms. The number of primary amides is 1. The van der Waals surface area contributed by atoms with Crippen LogP contribution in [-0.2, 0) is 10.4 Å². The summed E-state index contributed by atoms with van der Waals surface area (Å²) in [5.41, 5.74) is 5.31. The van der Waals surface area contributed by atoms with Crippen molar-refractivity contribution in [2.75, 3.05) is 23.3 Å². The Morgan fingerprint density at radius 3 is 2.40 bits per heavy atom. The summed E-state index contributed by atoms with van der Waals surface area (Å²) < 4.78 is 0. The van der Waals surface area contributed by atoms with Crippen molar-refractivity contribution in [3.63, 3.8) is 0 Å². The minimum absolute atomic E-state index is 0.226. The molecular formula is C21H25N5O3S. The van der Waals surface area contributed by atoms with Crippen molar-refractivity contribution >= 4 is 45.0 Å². The van der Waals surface area contributed by atoms with E-state index in [1.165, 1.54) is 24.2 Å². The molecule has 1 aliphatic heterocycles.